The molecule has 29 heavy (non-hydrogen) atoms. The lowest BCUT2D eigenvalue weighted by atomic mass is 10.2. The second-order valence-electron chi connectivity index (χ2n) is 7.13. The number of oxazole rings is 1. The van der Waals surface area contributed by atoms with E-state index < -0.39 is 0 Å². The number of aryl methyl sites for hydroxylation is 1. The molecule has 1 fully saturated rings. The van der Waals surface area contributed by atoms with E-state index in [1.807, 2.05) is 49.4 Å². The third-order valence-electron chi connectivity index (χ3n) is 4.76. The van der Waals surface area contributed by atoms with Crippen molar-refractivity contribution in [2.75, 3.05) is 5.32 Å². The Kier molecular flexibility index (Phi) is 4.85. The molecule has 1 amide bonds. The predicted octanol–water partition coefficient (Wildman–Crippen LogP) is 6.01. The maximum atomic E-state index is 12.6. The number of thiazole rings is 1. The summed E-state index contributed by atoms with van der Waals surface area (Å²) in [4.78, 5) is 22.7. The SMILES string of the molecule is Cc1nc(CSc2ccc(C(=O)Nc3ccc4oc(C5CC5)nc4c3)cc2)cs1. The van der Waals surface area contributed by atoms with Crippen LogP contribution >= 0.6 is 23.1 Å². The average Bonchev–Trinajstić information content (AvgIpc) is 3.36. The second kappa shape index (κ2) is 7.65. The van der Waals surface area contributed by atoms with Crippen molar-refractivity contribution >= 4 is 45.8 Å². The van der Waals surface area contributed by atoms with Crippen LogP contribution in [0, 0.1) is 6.92 Å². The third kappa shape index (κ3) is 4.21. The number of fused-ring (bicyclic) bond motifs is 1. The number of nitrogens with one attached hydrogen (secondary N) is 1. The van der Waals surface area contributed by atoms with Crippen LogP contribution < -0.4 is 5.32 Å². The quantitative estimate of drug-likeness (QED) is 0.386. The Morgan fingerprint density at radius 2 is 2.03 bits per heavy atom. The summed E-state index contributed by atoms with van der Waals surface area (Å²) in [6.45, 7) is 2.01. The van der Waals surface area contributed by atoms with E-state index in [1.165, 1.54) is 0 Å². The highest BCUT2D eigenvalue weighted by Crippen LogP contribution is 2.40. The molecule has 0 bridgehead atoms. The lowest BCUT2D eigenvalue weighted by molar-refractivity contribution is 0.102. The molecule has 146 valence electrons. The van der Waals surface area contributed by atoms with Crippen molar-refractivity contribution in [3.63, 3.8) is 0 Å². The molecule has 4 aromatic rings. The Morgan fingerprint density at radius 1 is 1.21 bits per heavy atom. The minimum absolute atomic E-state index is 0.137. The minimum atomic E-state index is -0.137. The van der Waals surface area contributed by atoms with E-state index >= 15 is 0 Å². The van der Waals surface area contributed by atoms with Crippen molar-refractivity contribution in [2.24, 2.45) is 0 Å². The van der Waals surface area contributed by atoms with Gasteiger partial charge in [0.15, 0.2) is 11.5 Å². The van der Waals surface area contributed by atoms with Crippen LogP contribution in [-0.2, 0) is 5.75 Å². The highest BCUT2D eigenvalue weighted by Gasteiger charge is 2.28. The van der Waals surface area contributed by atoms with E-state index in [0.717, 1.165) is 56.9 Å². The van der Waals surface area contributed by atoms with E-state index in [4.69, 9.17) is 4.42 Å². The van der Waals surface area contributed by atoms with Gasteiger partial charge in [-0.05, 0) is 62.2 Å². The molecule has 7 heteroatoms. The van der Waals surface area contributed by atoms with Gasteiger partial charge in [-0.2, -0.15) is 0 Å². The number of thioether (sulfide) groups is 1. The number of amides is 1. The first-order chi connectivity index (χ1) is 14.1. The molecule has 2 aromatic carbocycles. The number of anilines is 1. The highest BCUT2D eigenvalue weighted by molar-refractivity contribution is 7.98. The first-order valence-electron chi connectivity index (χ1n) is 9.50. The normalized spacial score (nSPS) is 13.7. The second-order valence-corrected chi connectivity index (χ2v) is 9.24. The first-order valence-corrected chi connectivity index (χ1v) is 11.4. The van der Waals surface area contributed by atoms with Crippen LogP contribution in [0.4, 0.5) is 5.69 Å². The molecular formula is C22H19N3O2S2. The van der Waals surface area contributed by atoms with Crippen LogP contribution in [0.5, 0.6) is 0 Å². The van der Waals surface area contributed by atoms with Gasteiger partial charge in [0.2, 0.25) is 0 Å². The molecular weight excluding hydrogens is 402 g/mol. The summed E-state index contributed by atoms with van der Waals surface area (Å²) in [5, 5.41) is 6.12. The summed E-state index contributed by atoms with van der Waals surface area (Å²) >= 11 is 3.38. The Morgan fingerprint density at radius 3 is 2.76 bits per heavy atom. The average molecular weight is 422 g/mol. The number of carbonyl (C=O) groups excluding carboxylic acids is 1. The largest absolute Gasteiger partial charge is 0.440 e. The summed E-state index contributed by atoms with van der Waals surface area (Å²) in [6, 6.07) is 13.2. The van der Waals surface area contributed by atoms with Gasteiger partial charge in [-0.25, -0.2) is 9.97 Å². The van der Waals surface area contributed by atoms with Crippen LogP contribution in [0.2, 0.25) is 0 Å². The minimum Gasteiger partial charge on any atom is -0.440 e. The van der Waals surface area contributed by atoms with Gasteiger partial charge in [0, 0.05) is 33.2 Å². The van der Waals surface area contributed by atoms with Crippen LogP contribution in [0.15, 0.2) is 57.2 Å². The van der Waals surface area contributed by atoms with Gasteiger partial charge >= 0.3 is 0 Å². The smallest absolute Gasteiger partial charge is 0.255 e. The molecule has 5 nitrogen and oxygen atoms in total. The van der Waals surface area contributed by atoms with Crippen LogP contribution in [-0.4, -0.2) is 15.9 Å². The van der Waals surface area contributed by atoms with E-state index in [9.17, 15) is 4.79 Å². The van der Waals surface area contributed by atoms with Gasteiger partial charge in [0.1, 0.15) is 5.52 Å². The molecule has 1 aliphatic rings. The molecule has 0 aliphatic heterocycles. The number of benzene rings is 2. The maximum Gasteiger partial charge on any atom is 0.255 e. The fraction of sp³-hybridized carbons (Fsp3) is 0.227. The topological polar surface area (TPSA) is 68.0 Å². The van der Waals surface area contributed by atoms with E-state index in [2.05, 4.69) is 20.7 Å². The van der Waals surface area contributed by atoms with Gasteiger partial charge in [-0.1, -0.05) is 0 Å². The van der Waals surface area contributed by atoms with Crippen molar-refractivity contribution in [1.29, 1.82) is 0 Å². The van der Waals surface area contributed by atoms with Gasteiger partial charge < -0.3 is 9.73 Å². The van der Waals surface area contributed by atoms with Crippen LogP contribution in [0.3, 0.4) is 0 Å². The molecule has 5 rings (SSSR count). The van der Waals surface area contributed by atoms with E-state index in [-0.39, 0.29) is 5.91 Å². The highest BCUT2D eigenvalue weighted by atomic mass is 32.2. The molecule has 0 spiro atoms. The number of hydrogen-bond donors (Lipinski definition) is 1. The molecule has 1 saturated carbocycles. The molecule has 0 radical (unpaired) electrons. The summed E-state index contributed by atoms with van der Waals surface area (Å²) < 4.78 is 5.78. The molecule has 0 unspecified atom stereocenters. The summed E-state index contributed by atoms with van der Waals surface area (Å²) in [5.74, 6) is 1.97. The number of carbonyl (C=O) groups is 1. The van der Waals surface area contributed by atoms with E-state index in [0.29, 0.717) is 11.5 Å². The fourth-order valence-corrected chi connectivity index (χ4v) is 4.57. The van der Waals surface area contributed by atoms with E-state index in [1.54, 1.807) is 23.1 Å². The number of hydrogen-bond acceptors (Lipinski definition) is 6. The number of rotatable bonds is 6. The Hall–Kier alpha value is -2.64. The van der Waals surface area contributed by atoms with Crippen LogP contribution in [0.25, 0.3) is 11.1 Å². The molecule has 1 aliphatic carbocycles. The summed E-state index contributed by atoms with van der Waals surface area (Å²) in [7, 11) is 0. The van der Waals surface area contributed by atoms with Crippen LogP contribution in [0.1, 0.15) is 45.7 Å². The fourth-order valence-electron chi connectivity index (χ4n) is 3.07. The maximum absolute atomic E-state index is 12.6. The number of aromatic nitrogens is 2. The standard InChI is InChI=1S/C22H19N3O2S2/c1-13-23-17(11-28-13)12-29-18-7-4-14(5-8-18)21(26)24-16-6-9-20-19(10-16)25-22(27-20)15-2-3-15/h4-11,15H,2-3,12H2,1H3,(H,24,26). The molecule has 0 saturated heterocycles. The lowest BCUT2D eigenvalue weighted by Crippen LogP contribution is -2.11. The third-order valence-corrected chi connectivity index (χ3v) is 6.63. The zero-order valence-corrected chi connectivity index (χ0v) is 17.5. The lowest BCUT2D eigenvalue weighted by Gasteiger charge is -2.06. The molecule has 1 N–H and O–H groups in total. The van der Waals surface area contributed by atoms with Crippen molar-refractivity contribution in [3.8, 4) is 0 Å². The predicted molar refractivity (Wildman–Crippen MR) is 117 cm³/mol. The zero-order valence-electron chi connectivity index (χ0n) is 15.8. The Balaban J connectivity index is 1.23. The van der Waals surface area contributed by atoms with Crippen molar-refractivity contribution in [2.45, 2.75) is 36.3 Å². The van der Waals surface area contributed by atoms with Gasteiger partial charge in [-0.3, -0.25) is 4.79 Å². The molecule has 0 atom stereocenters. The molecule has 2 heterocycles. The summed E-state index contributed by atoms with van der Waals surface area (Å²) in [6.07, 6.45) is 2.29. The van der Waals surface area contributed by atoms with Gasteiger partial charge in [0.25, 0.3) is 5.91 Å². The van der Waals surface area contributed by atoms with Crippen molar-refractivity contribution in [3.05, 3.63) is 70.0 Å². The van der Waals surface area contributed by atoms with Crippen molar-refractivity contribution in [1.82, 2.24) is 9.97 Å². The molecule has 2 aromatic heterocycles. The Bertz CT molecular complexity index is 1180. The van der Waals surface area contributed by atoms with Crippen molar-refractivity contribution < 1.29 is 9.21 Å². The monoisotopic (exact) mass is 421 g/mol. The Labute approximate surface area is 176 Å². The number of nitrogens with zero attached hydrogens (tertiary/aromatic N) is 2. The zero-order chi connectivity index (χ0) is 19.8. The van der Waals surface area contributed by atoms with Gasteiger partial charge in [-0.15, -0.1) is 23.1 Å². The van der Waals surface area contributed by atoms with Gasteiger partial charge in [0.05, 0.1) is 10.7 Å². The summed E-state index contributed by atoms with van der Waals surface area (Å²) in [5.41, 5.74) is 3.98. The first kappa shape index (κ1) is 18.4.